The fraction of sp³-hybridized carbons (Fsp3) is 0.830. The molecule has 1 rings (SSSR count). The highest BCUT2D eigenvalue weighted by atomic mass is 16.5. The summed E-state index contributed by atoms with van der Waals surface area (Å²) in [5.74, 6) is 1.92. The molecule has 0 fully saturated rings. The third kappa shape index (κ3) is 35.5. The maximum absolute atomic E-state index is 12.0. The lowest BCUT2D eigenvalue weighted by atomic mass is 9.92. The van der Waals surface area contributed by atoms with E-state index in [4.69, 9.17) is 14.6 Å². The van der Waals surface area contributed by atoms with Crippen LogP contribution in [0.5, 0.6) is 0 Å². The van der Waals surface area contributed by atoms with Gasteiger partial charge in [-0.25, -0.2) is 0 Å². The van der Waals surface area contributed by atoms with E-state index >= 15 is 0 Å². The zero-order valence-corrected chi connectivity index (χ0v) is 41.0. The summed E-state index contributed by atoms with van der Waals surface area (Å²) in [4.78, 5) is 34.8. The molecule has 0 amide bonds. The van der Waals surface area contributed by atoms with Gasteiger partial charge in [-0.2, -0.15) is 0 Å². The normalized spacial score (nSPS) is 11.5. The van der Waals surface area contributed by atoms with Gasteiger partial charge < -0.3 is 25.4 Å². The van der Waals surface area contributed by atoms with Crippen molar-refractivity contribution in [2.45, 2.75) is 246 Å². The Kier molecular flexibility index (Phi) is 46.5. The van der Waals surface area contributed by atoms with E-state index in [1.165, 1.54) is 199 Å². The zero-order chi connectivity index (χ0) is 45.6. The standard InChI is InChI=1S/C50H95N3O3.C2H4.CH2O2/c1-7-11-14-17-22-28-36-45(10-4)37-29-26-33-42-53(43-34-40-52-48-47(51-6)49(54)50(48)55)41-32-25-20-21-27-35-44(5)56-46(38-30-23-18-15-12-8-2)39-31-24-19-16-13-9-3;1-2;2-1-3/h45-46,51-52H,5,7-43H2,1-4,6H3;1-2H2;1H,(H,2,3). The number of hydrogen-bond acceptors (Lipinski definition) is 7. The SMILES string of the molecule is C=C.C=C(CCCCCCCN(CCCCCC(CC)CCCCCCCC)CCCNc1c(NC)c(=O)c1=O)OC(CCCCCCCC)CCCCCCCC.O=CO. The molecule has 1 unspecified atom stereocenters. The van der Waals surface area contributed by atoms with E-state index in [-0.39, 0.29) is 11.9 Å². The first-order valence-corrected chi connectivity index (χ1v) is 25.7. The van der Waals surface area contributed by atoms with Crippen molar-refractivity contribution >= 4 is 17.8 Å². The summed E-state index contributed by atoms with van der Waals surface area (Å²) < 4.78 is 6.52. The van der Waals surface area contributed by atoms with Gasteiger partial charge in [0, 0.05) is 20.0 Å². The molecule has 0 aliphatic heterocycles. The minimum absolute atomic E-state index is 0.250. The predicted molar refractivity (Wildman–Crippen MR) is 268 cm³/mol. The van der Waals surface area contributed by atoms with Crippen molar-refractivity contribution in [1.82, 2.24) is 4.90 Å². The molecule has 358 valence electrons. The second kappa shape index (κ2) is 46.9. The Morgan fingerprint density at radius 3 is 1.43 bits per heavy atom. The van der Waals surface area contributed by atoms with Crippen LogP contribution >= 0.6 is 0 Å². The third-order valence-corrected chi connectivity index (χ3v) is 12.3. The maximum atomic E-state index is 12.0. The van der Waals surface area contributed by atoms with E-state index in [0.29, 0.717) is 17.5 Å². The molecule has 1 aromatic rings. The highest BCUT2D eigenvalue weighted by Gasteiger charge is 2.19. The zero-order valence-electron chi connectivity index (χ0n) is 41.0. The molecule has 0 bridgehead atoms. The minimum Gasteiger partial charge on any atom is -0.495 e. The van der Waals surface area contributed by atoms with Gasteiger partial charge in [-0.1, -0.05) is 188 Å². The van der Waals surface area contributed by atoms with E-state index in [9.17, 15) is 9.59 Å². The summed E-state index contributed by atoms with van der Waals surface area (Å²) in [5, 5.41) is 13.0. The van der Waals surface area contributed by atoms with Gasteiger partial charge in [0.15, 0.2) is 0 Å². The summed E-state index contributed by atoms with van der Waals surface area (Å²) in [6.07, 6.45) is 43.5. The topological polar surface area (TPSA) is 108 Å². The summed E-state index contributed by atoms with van der Waals surface area (Å²) in [6.45, 7) is 23.4. The van der Waals surface area contributed by atoms with Gasteiger partial charge in [0.25, 0.3) is 17.3 Å². The maximum Gasteiger partial charge on any atom is 0.290 e. The Morgan fingerprint density at radius 2 is 0.967 bits per heavy atom. The second-order valence-corrected chi connectivity index (χ2v) is 17.5. The molecular weight excluding hydrogens is 759 g/mol. The van der Waals surface area contributed by atoms with Crippen LogP contribution < -0.4 is 21.5 Å². The number of nitrogens with one attached hydrogen (secondary N) is 2. The van der Waals surface area contributed by atoms with Crippen molar-refractivity contribution in [2.75, 3.05) is 43.9 Å². The van der Waals surface area contributed by atoms with Gasteiger partial charge in [-0.3, -0.25) is 14.4 Å². The number of anilines is 2. The van der Waals surface area contributed by atoms with Crippen LogP contribution in [0.25, 0.3) is 0 Å². The van der Waals surface area contributed by atoms with Crippen molar-refractivity contribution in [3.8, 4) is 0 Å². The molecule has 0 aliphatic carbocycles. The second-order valence-electron chi connectivity index (χ2n) is 17.5. The van der Waals surface area contributed by atoms with E-state index < -0.39 is 5.43 Å². The predicted octanol–water partition coefficient (Wildman–Crippen LogP) is 15.0. The molecule has 61 heavy (non-hydrogen) atoms. The van der Waals surface area contributed by atoms with Crippen LogP contribution in [-0.4, -0.2) is 55.8 Å². The number of unbranched alkanes of at least 4 members (excludes halogenated alkanes) is 21. The van der Waals surface area contributed by atoms with Crippen molar-refractivity contribution in [1.29, 1.82) is 0 Å². The van der Waals surface area contributed by atoms with Crippen LogP contribution in [0.3, 0.4) is 0 Å². The molecule has 0 saturated carbocycles. The number of carbonyl (C=O) groups is 1. The van der Waals surface area contributed by atoms with Gasteiger partial charge in [-0.15, -0.1) is 13.2 Å². The molecule has 1 atom stereocenters. The number of rotatable bonds is 44. The Labute approximate surface area is 377 Å². The Balaban J connectivity index is 0. The Bertz CT molecular complexity index is 1150. The van der Waals surface area contributed by atoms with Crippen molar-refractivity contribution in [3.05, 3.63) is 45.9 Å². The highest BCUT2D eigenvalue weighted by molar-refractivity contribution is 5.73. The molecule has 0 aliphatic rings. The van der Waals surface area contributed by atoms with Crippen molar-refractivity contribution < 1.29 is 14.6 Å². The van der Waals surface area contributed by atoms with Gasteiger partial charge in [0.1, 0.15) is 11.4 Å². The molecule has 0 spiro atoms. The first-order valence-electron chi connectivity index (χ1n) is 25.7. The summed E-state index contributed by atoms with van der Waals surface area (Å²) in [6, 6.07) is 0. The van der Waals surface area contributed by atoms with Crippen LogP contribution in [0.4, 0.5) is 11.4 Å². The Morgan fingerprint density at radius 1 is 0.590 bits per heavy atom. The van der Waals surface area contributed by atoms with Crippen LogP contribution in [0.2, 0.25) is 0 Å². The molecule has 0 aromatic heterocycles. The van der Waals surface area contributed by atoms with E-state index in [0.717, 1.165) is 50.7 Å². The molecule has 3 N–H and O–H groups in total. The fourth-order valence-electron chi connectivity index (χ4n) is 8.41. The van der Waals surface area contributed by atoms with E-state index in [1.807, 2.05) is 0 Å². The lowest BCUT2D eigenvalue weighted by Gasteiger charge is -2.23. The van der Waals surface area contributed by atoms with Crippen LogP contribution in [0, 0.1) is 5.92 Å². The average molecular weight is 860 g/mol. The smallest absolute Gasteiger partial charge is 0.290 e. The molecule has 0 radical (unpaired) electrons. The van der Waals surface area contributed by atoms with Crippen LogP contribution in [-0.2, 0) is 9.53 Å². The third-order valence-electron chi connectivity index (χ3n) is 12.3. The number of hydrogen-bond donors (Lipinski definition) is 3. The first-order chi connectivity index (χ1) is 29.8. The van der Waals surface area contributed by atoms with Gasteiger partial charge >= 0.3 is 0 Å². The fourth-order valence-corrected chi connectivity index (χ4v) is 8.41. The summed E-state index contributed by atoms with van der Waals surface area (Å²) in [7, 11) is 1.70. The molecule has 8 nitrogen and oxygen atoms in total. The van der Waals surface area contributed by atoms with Gasteiger partial charge in [0.2, 0.25) is 0 Å². The molecule has 1 aromatic carbocycles. The quantitative estimate of drug-likeness (QED) is 0.0196. The van der Waals surface area contributed by atoms with Crippen LogP contribution in [0.15, 0.2) is 35.1 Å². The molecule has 8 heteroatoms. The van der Waals surface area contributed by atoms with Gasteiger partial charge in [0.05, 0.1) is 11.9 Å². The van der Waals surface area contributed by atoms with Crippen molar-refractivity contribution in [3.63, 3.8) is 0 Å². The van der Waals surface area contributed by atoms with E-state index in [1.54, 1.807) is 7.05 Å². The Hall–Kier alpha value is -2.61. The monoisotopic (exact) mass is 860 g/mol. The van der Waals surface area contributed by atoms with Gasteiger partial charge in [-0.05, 0) is 76.9 Å². The largest absolute Gasteiger partial charge is 0.495 e. The lowest BCUT2D eigenvalue weighted by molar-refractivity contribution is -0.122. The minimum atomic E-state index is -0.401. The first kappa shape index (κ1) is 60.5. The number of nitrogens with zero attached hydrogens (tertiary/aromatic N) is 1. The molecule has 0 saturated heterocycles. The number of carboxylic acid groups (broad SMARTS) is 1. The summed E-state index contributed by atoms with van der Waals surface area (Å²) in [5.41, 5.74) is 0.117. The van der Waals surface area contributed by atoms with E-state index in [2.05, 4.69) is 63.0 Å². The highest BCUT2D eigenvalue weighted by Crippen LogP contribution is 2.23. The lowest BCUT2D eigenvalue weighted by Crippen LogP contribution is -2.37. The van der Waals surface area contributed by atoms with Crippen LogP contribution in [0.1, 0.15) is 240 Å². The number of ether oxygens (including phenoxy) is 1. The summed E-state index contributed by atoms with van der Waals surface area (Å²) >= 11 is 0. The number of allylic oxidation sites excluding steroid dienone is 1. The molecular formula is C53H101N3O5. The van der Waals surface area contributed by atoms with Crippen molar-refractivity contribution in [2.24, 2.45) is 5.92 Å². The molecule has 0 heterocycles. The average Bonchev–Trinajstić information content (AvgIpc) is 3.27.